The van der Waals surface area contributed by atoms with E-state index in [9.17, 15) is 8.42 Å². The van der Waals surface area contributed by atoms with Crippen molar-refractivity contribution in [3.05, 3.63) is 0 Å². The second kappa shape index (κ2) is 2.12. The molecule has 0 atom stereocenters. The maximum Gasteiger partial charge on any atom is 0.299 e. The van der Waals surface area contributed by atoms with Crippen LogP contribution in [0.25, 0.3) is 0 Å². The Morgan fingerprint density at radius 3 is 2.18 bits per heavy atom. The lowest BCUT2D eigenvalue weighted by Gasteiger charge is -2.09. The minimum Gasteiger partial charge on any atom is -0.195 e. The minimum absolute atomic E-state index is 0.335. The van der Waals surface area contributed by atoms with E-state index in [2.05, 4.69) is 0 Å². The van der Waals surface area contributed by atoms with E-state index in [1.165, 1.54) is 17.1 Å². The van der Waals surface area contributed by atoms with Gasteiger partial charge in [-0.15, -0.1) is 0 Å². The summed E-state index contributed by atoms with van der Waals surface area (Å²) >= 11 is 0. The standard InChI is InChI=1S/C6H10ClNO2S/c7-11(9,10)8-4-3-6(5-8)1-2-6/h1-5H2. The van der Waals surface area contributed by atoms with Gasteiger partial charge in [-0.1, -0.05) is 0 Å². The molecular weight excluding hydrogens is 186 g/mol. The van der Waals surface area contributed by atoms with Crippen molar-refractivity contribution in [3.8, 4) is 0 Å². The molecule has 1 spiro atoms. The lowest BCUT2D eigenvalue weighted by Crippen LogP contribution is -2.24. The van der Waals surface area contributed by atoms with Crippen molar-refractivity contribution in [2.45, 2.75) is 19.3 Å². The first-order valence-corrected chi connectivity index (χ1v) is 5.98. The summed E-state index contributed by atoms with van der Waals surface area (Å²) in [6.45, 7) is 1.27. The van der Waals surface area contributed by atoms with E-state index in [0.29, 0.717) is 18.5 Å². The van der Waals surface area contributed by atoms with Crippen LogP contribution in [0.5, 0.6) is 0 Å². The van der Waals surface area contributed by atoms with Crippen molar-refractivity contribution in [1.29, 1.82) is 0 Å². The van der Waals surface area contributed by atoms with Crippen LogP contribution >= 0.6 is 10.7 Å². The number of nitrogens with zero attached hydrogens (tertiary/aromatic N) is 1. The zero-order chi connectivity index (χ0) is 8.11. The van der Waals surface area contributed by atoms with Gasteiger partial charge in [0, 0.05) is 23.8 Å². The molecule has 2 fully saturated rings. The summed E-state index contributed by atoms with van der Waals surface area (Å²) in [5, 5.41) is 0. The van der Waals surface area contributed by atoms with Gasteiger partial charge >= 0.3 is 0 Å². The largest absolute Gasteiger partial charge is 0.299 e. The van der Waals surface area contributed by atoms with Crippen molar-refractivity contribution in [3.63, 3.8) is 0 Å². The van der Waals surface area contributed by atoms with Crippen LogP contribution in [0.2, 0.25) is 0 Å². The summed E-state index contributed by atoms with van der Waals surface area (Å²) in [6, 6.07) is 0. The Bertz CT molecular complexity index is 270. The van der Waals surface area contributed by atoms with Gasteiger partial charge in [-0.2, -0.15) is 12.7 Å². The first-order valence-electron chi connectivity index (χ1n) is 3.72. The van der Waals surface area contributed by atoms with Gasteiger partial charge in [-0.3, -0.25) is 0 Å². The Kier molecular flexibility index (Phi) is 1.51. The van der Waals surface area contributed by atoms with E-state index >= 15 is 0 Å². The van der Waals surface area contributed by atoms with E-state index in [1.807, 2.05) is 0 Å². The Labute approximate surface area is 70.9 Å². The highest BCUT2D eigenvalue weighted by molar-refractivity contribution is 8.11. The summed E-state index contributed by atoms with van der Waals surface area (Å²) < 4.78 is 23.1. The molecule has 1 saturated carbocycles. The van der Waals surface area contributed by atoms with Crippen LogP contribution in [0.4, 0.5) is 0 Å². The van der Waals surface area contributed by atoms with E-state index in [0.717, 1.165) is 6.42 Å². The maximum absolute atomic E-state index is 10.8. The molecule has 64 valence electrons. The Morgan fingerprint density at radius 2 is 1.91 bits per heavy atom. The average molecular weight is 196 g/mol. The van der Waals surface area contributed by atoms with Gasteiger partial charge in [0.05, 0.1) is 0 Å². The molecule has 2 aliphatic rings. The van der Waals surface area contributed by atoms with Gasteiger partial charge in [-0.25, -0.2) is 0 Å². The molecule has 1 aliphatic heterocycles. The Morgan fingerprint density at radius 1 is 1.27 bits per heavy atom. The van der Waals surface area contributed by atoms with E-state index in [-0.39, 0.29) is 0 Å². The molecule has 0 unspecified atom stereocenters. The zero-order valence-corrected chi connectivity index (χ0v) is 7.66. The first kappa shape index (κ1) is 7.83. The predicted octanol–water partition coefficient (Wildman–Crippen LogP) is 0.956. The predicted molar refractivity (Wildman–Crippen MR) is 42.6 cm³/mol. The summed E-state index contributed by atoms with van der Waals surface area (Å²) in [5.41, 5.74) is 0.335. The fourth-order valence-electron chi connectivity index (χ4n) is 1.67. The molecule has 0 aromatic rings. The number of hydrogen-bond acceptors (Lipinski definition) is 2. The number of hydrogen-bond donors (Lipinski definition) is 0. The molecule has 1 saturated heterocycles. The molecule has 0 aromatic heterocycles. The monoisotopic (exact) mass is 195 g/mol. The normalized spacial score (nSPS) is 29.5. The molecule has 0 bridgehead atoms. The van der Waals surface area contributed by atoms with Gasteiger partial charge in [0.2, 0.25) is 0 Å². The molecule has 0 N–H and O–H groups in total. The molecule has 11 heavy (non-hydrogen) atoms. The third kappa shape index (κ3) is 1.39. The third-order valence-electron chi connectivity index (χ3n) is 2.67. The molecule has 1 heterocycles. The molecule has 0 amide bonds. The SMILES string of the molecule is O=S(=O)(Cl)N1CCC2(CC2)C1. The molecule has 1 aliphatic carbocycles. The van der Waals surface area contributed by atoms with Crippen molar-refractivity contribution in [2.24, 2.45) is 5.41 Å². The highest BCUT2D eigenvalue weighted by Crippen LogP contribution is 2.53. The lowest BCUT2D eigenvalue weighted by atomic mass is 10.1. The molecule has 5 heteroatoms. The highest BCUT2D eigenvalue weighted by Gasteiger charge is 2.50. The maximum atomic E-state index is 10.8. The lowest BCUT2D eigenvalue weighted by molar-refractivity contribution is 0.462. The summed E-state index contributed by atoms with van der Waals surface area (Å²) in [7, 11) is 1.76. The van der Waals surface area contributed by atoms with Crippen LogP contribution in [0.15, 0.2) is 0 Å². The molecular formula is C6H10ClNO2S. The van der Waals surface area contributed by atoms with Crippen molar-refractivity contribution in [2.75, 3.05) is 13.1 Å². The van der Waals surface area contributed by atoms with E-state index < -0.39 is 9.24 Å². The fraction of sp³-hybridized carbons (Fsp3) is 1.00. The summed E-state index contributed by atoms with van der Waals surface area (Å²) in [5.74, 6) is 0. The van der Waals surface area contributed by atoms with Crippen LogP contribution in [0, 0.1) is 5.41 Å². The van der Waals surface area contributed by atoms with Crippen LogP contribution in [0.1, 0.15) is 19.3 Å². The molecule has 3 nitrogen and oxygen atoms in total. The van der Waals surface area contributed by atoms with Gasteiger partial charge in [-0.05, 0) is 24.7 Å². The summed E-state index contributed by atoms with van der Waals surface area (Å²) in [6.07, 6.45) is 3.35. The third-order valence-corrected chi connectivity index (χ3v) is 4.18. The Hall–Kier alpha value is 0.200. The van der Waals surface area contributed by atoms with Gasteiger partial charge < -0.3 is 0 Å². The average Bonchev–Trinajstić information content (AvgIpc) is 2.38. The zero-order valence-electron chi connectivity index (χ0n) is 6.09. The van der Waals surface area contributed by atoms with Crippen LogP contribution < -0.4 is 0 Å². The topological polar surface area (TPSA) is 37.4 Å². The summed E-state index contributed by atoms with van der Waals surface area (Å²) in [4.78, 5) is 0. The van der Waals surface area contributed by atoms with E-state index in [4.69, 9.17) is 10.7 Å². The van der Waals surface area contributed by atoms with Crippen molar-refractivity contribution < 1.29 is 8.42 Å². The van der Waals surface area contributed by atoms with Gasteiger partial charge in [0.1, 0.15) is 0 Å². The number of rotatable bonds is 1. The molecule has 0 aromatic carbocycles. The van der Waals surface area contributed by atoms with Crippen LogP contribution in [-0.2, 0) is 9.24 Å². The molecule has 2 rings (SSSR count). The van der Waals surface area contributed by atoms with Crippen molar-refractivity contribution in [1.82, 2.24) is 4.31 Å². The highest BCUT2D eigenvalue weighted by atomic mass is 35.7. The van der Waals surface area contributed by atoms with Crippen molar-refractivity contribution >= 4 is 19.9 Å². The van der Waals surface area contributed by atoms with Gasteiger partial charge in [0.25, 0.3) is 9.24 Å². The van der Waals surface area contributed by atoms with Crippen LogP contribution in [-0.4, -0.2) is 25.8 Å². The molecule has 0 radical (unpaired) electrons. The smallest absolute Gasteiger partial charge is 0.195 e. The fourth-order valence-corrected chi connectivity index (χ4v) is 2.76. The second-order valence-electron chi connectivity index (χ2n) is 3.53. The quantitative estimate of drug-likeness (QED) is 0.585. The van der Waals surface area contributed by atoms with E-state index in [1.54, 1.807) is 0 Å². The number of halogens is 1. The first-order chi connectivity index (χ1) is 5.02. The van der Waals surface area contributed by atoms with Crippen LogP contribution in [0.3, 0.4) is 0 Å². The second-order valence-corrected chi connectivity index (χ2v) is 6.04. The Balaban J connectivity index is 2.11. The minimum atomic E-state index is -3.43. The van der Waals surface area contributed by atoms with Gasteiger partial charge in [0.15, 0.2) is 0 Å².